The van der Waals surface area contributed by atoms with Crippen LogP contribution in [-0.2, 0) is 5.41 Å². The summed E-state index contributed by atoms with van der Waals surface area (Å²) < 4.78 is 6.89. The molecule has 0 amide bonds. The molecule has 1 spiro atoms. The fourth-order valence-electron chi connectivity index (χ4n) is 7.50. The van der Waals surface area contributed by atoms with E-state index >= 15 is 0 Å². The van der Waals surface area contributed by atoms with Crippen LogP contribution in [0.3, 0.4) is 0 Å². The maximum absolute atomic E-state index is 6.89. The summed E-state index contributed by atoms with van der Waals surface area (Å²) in [6, 6.07) is 63.0. The molecule has 1 heterocycles. The summed E-state index contributed by atoms with van der Waals surface area (Å²) in [6.07, 6.45) is 0. The number of rotatable bonds is 4. The molecule has 7 aromatic rings. The van der Waals surface area contributed by atoms with Crippen molar-refractivity contribution in [1.82, 2.24) is 0 Å². The van der Waals surface area contributed by atoms with Gasteiger partial charge < -0.3 is 9.64 Å². The lowest BCUT2D eigenvalue weighted by molar-refractivity contribution is 0.438. The Labute approximate surface area is 263 Å². The van der Waals surface area contributed by atoms with Gasteiger partial charge in [0, 0.05) is 33.8 Å². The van der Waals surface area contributed by atoms with Crippen molar-refractivity contribution in [1.29, 1.82) is 0 Å². The Bertz CT molecular complexity index is 2150. The lowest BCUT2D eigenvalue weighted by atomic mass is 9.65. The van der Waals surface area contributed by atoms with E-state index in [1.54, 1.807) is 0 Å². The molecule has 7 aromatic carbocycles. The van der Waals surface area contributed by atoms with E-state index in [0.29, 0.717) is 0 Å². The van der Waals surface area contributed by atoms with E-state index in [0.717, 1.165) is 50.8 Å². The molecule has 2 nitrogen and oxygen atoms in total. The second kappa shape index (κ2) is 10.1. The maximum atomic E-state index is 6.89. The normalized spacial score (nSPS) is 15.4. The number of para-hydroxylation sites is 4. The molecular formula is C43H29NO. The summed E-state index contributed by atoms with van der Waals surface area (Å²) in [5.41, 5.74) is 12.4. The zero-order valence-corrected chi connectivity index (χ0v) is 24.6. The second-order valence-electron chi connectivity index (χ2n) is 11.7. The lowest BCUT2D eigenvalue weighted by Gasteiger charge is -2.40. The van der Waals surface area contributed by atoms with Gasteiger partial charge in [0.2, 0.25) is 0 Å². The fourth-order valence-corrected chi connectivity index (χ4v) is 7.50. The van der Waals surface area contributed by atoms with Gasteiger partial charge in [-0.25, -0.2) is 0 Å². The number of hydrogen-bond donors (Lipinski definition) is 0. The van der Waals surface area contributed by atoms with E-state index in [9.17, 15) is 0 Å². The molecule has 1 atom stereocenters. The van der Waals surface area contributed by atoms with Crippen LogP contribution in [0, 0.1) is 0 Å². The molecule has 0 aromatic heterocycles. The molecule has 0 saturated carbocycles. The van der Waals surface area contributed by atoms with E-state index in [4.69, 9.17) is 4.74 Å². The number of hydrogen-bond acceptors (Lipinski definition) is 2. The first-order chi connectivity index (χ1) is 22.3. The summed E-state index contributed by atoms with van der Waals surface area (Å²) >= 11 is 0. The topological polar surface area (TPSA) is 12.5 Å². The highest BCUT2D eigenvalue weighted by Gasteiger charge is 2.51. The number of benzene rings is 7. The minimum atomic E-state index is -0.560. The highest BCUT2D eigenvalue weighted by atomic mass is 16.5. The largest absolute Gasteiger partial charge is 0.456 e. The van der Waals surface area contributed by atoms with Crippen molar-refractivity contribution in [3.05, 3.63) is 198 Å². The first-order valence-corrected chi connectivity index (χ1v) is 15.4. The van der Waals surface area contributed by atoms with E-state index in [1.807, 2.05) is 0 Å². The summed E-state index contributed by atoms with van der Waals surface area (Å²) in [4.78, 5) is 2.35. The van der Waals surface area contributed by atoms with Crippen molar-refractivity contribution in [3.8, 4) is 33.8 Å². The molecule has 1 aliphatic heterocycles. The van der Waals surface area contributed by atoms with Crippen LogP contribution in [0.15, 0.2) is 176 Å². The van der Waals surface area contributed by atoms with Gasteiger partial charge in [0.25, 0.3) is 0 Å². The first kappa shape index (κ1) is 25.6. The highest BCUT2D eigenvalue weighted by Crippen LogP contribution is 2.63. The Morgan fingerprint density at radius 3 is 1.67 bits per heavy atom. The monoisotopic (exact) mass is 575 g/mol. The van der Waals surface area contributed by atoms with Gasteiger partial charge in [-0.3, -0.25) is 0 Å². The number of ether oxygens (including phenoxy) is 1. The molecule has 0 radical (unpaired) electrons. The summed E-state index contributed by atoms with van der Waals surface area (Å²) in [5.74, 6) is 1.81. The van der Waals surface area contributed by atoms with E-state index in [2.05, 4.69) is 181 Å². The summed E-state index contributed by atoms with van der Waals surface area (Å²) in [7, 11) is 0. The van der Waals surface area contributed by atoms with E-state index < -0.39 is 5.41 Å². The molecule has 0 fully saturated rings. The first-order valence-electron chi connectivity index (χ1n) is 15.4. The summed E-state index contributed by atoms with van der Waals surface area (Å²) in [5, 5.41) is 0. The second-order valence-corrected chi connectivity index (χ2v) is 11.7. The minimum Gasteiger partial charge on any atom is -0.456 e. The molecule has 0 N–H and O–H groups in total. The van der Waals surface area contributed by atoms with Gasteiger partial charge in [0.1, 0.15) is 11.5 Å². The average molecular weight is 576 g/mol. The van der Waals surface area contributed by atoms with Gasteiger partial charge in [-0.15, -0.1) is 0 Å². The van der Waals surface area contributed by atoms with Gasteiger partial charge in [-0.05, 0) is 70.3 Å². The maximum Gasteiger partial charge on any atom is 0.140 e. The standard InChI is InChI=1S/C43H29NO/c1-4-15-30(16-5-1)34-22-14-25-39-42(34)45-41-26-13-12-24-38(41)43(39)37-23-11-10-21-35(37)36-28-27-33(29-40(36)43)44(31-17-6-2-7-18-31)32-19-8-3-9-20-32/h1-29H. The molecule has 0 saturated heterocycles. The zero-order valence-electron chi connectivity index (χ0n) is 24.6. The third-order valence-corrected chi connectivity index (χ3v) is 9.32. The summed E-state index contributed by atoms with van der Waals surface area (Å²) in [6.45, 7) is 0. The Morgan fingerprint density at radius 2 is 0.933 bits per heavy atom. The number of anilines is 3. The molecule has 1 unspecified atom stereocenters. The molecule has 45 heavy (non-hydrogen) atoms. The SMILES string of the molecule is c1ccc(-c2cccc3c2Oc2ccccc2C32c3ccccc3-c3ccc(N(c4ccccc4)c4ccccc4)cc32)cc1. The Balaban J connectivity index is 1.38. The highest BCUT2D eigenvalue weighted by molar-refractivity contribution is 5.92. The van der Waals surface area contributed by atoms with Gasteiger partial charge in [0.15, 0.2) is 0 Å². The minimum absolute atomic E-state index is 0.560. The van der Waals surface area contributed by atoms with Crippen LogP contribution < -0.4 is 9.64 Å². The Morgan fingerprint density at radius 1 is 0.378 bits per heavy atom. The van der Waals surface area contributed by atoms with Crippen LogP contribution >= 0.6 is 0 Å². The number of nitrogens with zero attached hydrogens (tertiary/aromatic N) is 1. The molecule has 0 bridgehead atoms. The van der Waals surface area contributed by atoms with E-state index in [-0.39, 0.29) is 0 Å². The van der Waals surface area contributed by atoms with Crippen molar-refractivity contribution in [2.45, 2.75) is 5.41 Å². The molecular weight excluding hydrogens is 546 g/mol. The van der Waals surface area contributed by atoms with Crippen LogP contribution in [0.2, 0.25) is 0 Å². The quantitative estimate of drug-likeness (QED) is 0.207. The van der Waals surface area contributed by atoms with Crippen molar-refractivity contribution in [2.24, 2.45) is 0 Å². The van der Waals surface area contributed by atoms with Gasteiger partial charge in [-0.1, -0.05) is 133 Å². The third kappa shape index (κ3) is 3.76. The van der Waals surface area contributed by atoms with Gasteiger partial charge in [-0.2, -0.15) is 0 Å². The van der Waals surface area contributed by atoms with Crippen LogP contribution in [-0.4, -0.2) is 0 Å². The molecule has 2 heteroatoms. The predicted octanol–water partition coefficient (Wildman–Crippen LogP) is 11.3. The molecule has 2 aliphatic rings. The van der Waals surface area contributed by atoms with Gasteiger partial charge in [0.05, 0.1) is 5.41 Å². The zero-order chi connectivity index (χ0) is 29.8. The number of fused-ring (bicyclic) bond motifs is 9. The van der Waals surface area contributed by atoms with Crippen molar-refractivity contribution >= 4 is 17.1 Å². The van der Waals surface area contributed by atoms with E-state index in [1.165, 1.54) is 22.3 Å². The predicted molar refractivity (Wildman–Crippen MR) is 184 cm³/mol. The van der Waals surface area contributed by atoms with Crippen LogP contribution in [0.1, 0.15) is 22.3 Å². The lowest BCUT2D eigenvalue weighted by Crippen LogP contribution is -2.32. The van der Waals surface area contributed by atoms with Gasteiger partial charge >= 0.3 is 0 Å². The molecule has 9 rings (SSSR count). The Kier molecular flexibility index (Phi) is 5.76. The van der Waals surface area contributed by atoms with Crippen LogP contribution in [0.4, 0.5) is 17.1 Å². The van der Waals surface area contributed by atoms with Crippen LogP contribution in [0.5, 0.6) is 11.5 Å². The fraction of sp³-hybridized carbons (Fsp3) is 0.0233. The van der Waals surface area contributed by atoms with Crippen molar-refractivity contribution in [2.75, 3.05) is 4.90 Å². The van der Waals surface area contributed by atoms with Crippen molar-refractivity contribution in [3.63, 3.8) is 0 Å². The average Bonchev–Trinajstić information content (AvgIpc) is 3.40. The smallest absolute Gasteiger partial charge is 0.140 e. The van der Waals surface area contributed by atoms with Crippen LogP contribution in [0.25, 0.3) is 22.3 Å². The Hall–Kier alpha value is -5.86. The molecule has 1 aliphatic carbocycles. The third-order valence-electron chi connectivity index (χ3n) is 9.32. The van der Waals surface area contributed by atoms with Crippen molar-refractivity contribution < 1.29 is 4.74 Å². The molecule has 212 valence electrons.